The molecule has 0 aliphatic heterocycles. The van der Waals surface area contributed by atoms with Crippen molar-refractivity contribution in [2.45, 2.75) is 19.4 Å². The number of nitrogens with two attached hydrogens (primary N) is 1. The molecule has 0 fully saturated rings. The van der Waals surface area contributed by atoms with Crippen LogP contribution in [0.1, 0.15) is 11.3 Å². The maximum Gasteiger partial charge on any atom is 0.138 e. The number of nitrogens with zero attached hydrogens (tertiary/aromatic N) is 2. The second kappa shape index (κ2) is 9.45. The Balaban J connectivity index is 1.48. The van der Waals surface area contributed by atoms with Gasteiger partial charge in [-0.05, 0) is 54.8 Å². The molecule has 0 unspecified atom stereocenters. The van der Waals surface area contributed by atoms with E-state index in [4.69, 9.17) is 10.5 Å². The molecule has 0 amide bonds. The first-order valence-corrected chi connectivity index (χ1v) is 11.2. The molecule has 5 nitrogen and oxygen atoms in total. The summed E-state index contributed by atoms with van der Waals surface area (Å²) in [6, 6.07) is 24.4. The lowest BCUT2D eigenvalue weighted by Crippen LogP contribution is -2.30. The average molecular weight is 453 g/mol. The molecule has 5 rings (SSSR count). The molecule has 34 heavy (non-hydrogen) atoms. The van der Waals surface area contributed by atoms with Crippen LogP contribution in [0.4, 0.5) is 4.39 Å². The first-order chi connectivity index (χ1) is 16.6. The number of aryl methyl sites for hydroxylation is 1. The largest absolute Gasteiger partial charge is 0.490 e. The summed E-state index contributed by atoms with van der Waals surface area (Å²) in [5, 5.41) is 8.33. The molecular weight excluding hydrogens is 427 g/mol. The summed E-state index contributed by atoms with van der Waals surface area (Å²) < 4.78 is 20.7. The van der Waals surface area contributed by atoms with Crippen molar-refractivity contribution in [3.63, 3.8) is 0 Å². The fraction of sp³-hybridized carbons (Fsp3) is 0.143. The van der Waals surface area contributed by atoms with Crippen molar-refractivity contribution < 1.29 is 9.13 Å². The summed E-state index contributed by atoms with van der Waals surface area (Å²) >= 11 is 0. The number of ether oxygens (including phenoxy) is 1. The Hall–Kier alpha value is -4.03. The van der Waals surface area contributed by atoms with Gasteiger partial charge in [-0.3, -0.25) is 10.1 Å². The van der Waals surface area contributed by atoms with E-state index in [1.807, 2.05) is 49.4 Å². The Morgan fingerprint density at radius 3 is 2.59 bits per heavy atom. The fourth-order valence-electron chi connectivity index (χ4n) is 4.10. The fourth-order valence-corrected chi connectivity index (χ4v) is 4.10. The van der Waals surface area contributed by atoms with Crippen LogP contribution in [0.5, 0.6) is 5.75 Å². The first kappa shape index (κ1) is 21.8. The summed E-state index contributed by atoms with van der Waals surface area (Å²) in [6.07, 6.45) is 2.34. The predicted octanol–water partition coefficient (Wildman–Crippen LogP) is 5.69. The smallest absolute Gasteiger partial charge is 0.138 e. The van der Waals surface area contributed by atoms with E-state index in [0.717, 1.165) is 33.3 Å². The van der Waals surface area contributed by atoms with E-state index in [0.29, 0.717) is 30.0 Å². The molecule has 0 saturated carbocycles. The monoisotopic (exact) mass is 452 g/mol. The molecule has 0 aliphatic carbocycles. The van der Waals surface area contributed by atoms with Crippen molar-refractivity contribution in [3.05, 3.63) is 102 Å². The van der Waals surface area contributed by atoms with Crippen molar-refractivity contribution in [2.75, 3.05) is 6.61 Å². The number of H-pyrrole nitrogens is 1. The molecular formula is C28H25FN4O. The number of hydrogen-bond donors (Lipinski definition) is 2. The molecule has 3 N–H and O–H groups in total. The molecule has 3 aromatic carbocycles. The topological polar surface area (TPSA) is 76.8 Å². The molecule has 0 saturated heterocycles. The maximum atomic E-state index is 14.7. The Kier molecular flexibility index (Phi) is 6.06. The lowest BCUT2D eigenvalue weighted by atomic mass is 9.97. The van der Waals surface area contributed by atoms with Crippen LogP contribution >= 0.6 is 0 Å². The van der Waals surface area contributed by atoms with Crippen LogP contribution in [0, 0.1) is 12.7 Å². The molecule has 170 valence electrons. The first-order valence-electron chi connectivity index (χ1n) is 11.2. The standard InChI is InChI=1S/C28H25FN4O/c1-18-24-14-20(11-12-27(24)33-32-18)25-15-22(16-31-28(25)23-9-5-6-10-26(23)29)34-17-21(30)13-19-7-3-2-4-8-19/h2-12,14-16,21H,13,17,30H2,1H3,(H,32,33)/t21-/m0/s1. The molecule has 0 radical (unpaired) electrons. The van der Waals surface area contributed by atoms with E-state index < -0.39 is 0 Å². The summed E-state index contributed by atoms with van der Waals surface area (Å²) in [5.74, 6) is 0.262. The summed E-state index contributed by atoms with van der Waals surface area (Å²) in [4.78, 5) is 4.61. The summed E-state index contributed by atoms with van der Waals surface area (Å²) in [6.45, 7) is 2.32. The van der Waals surface area contributed by atoms with Crippen molar-refractivity contribution in [1.82, 2.24) is 15.2 Å². The van der Waals surface area contributed by atoms with E-state index in [9.17, 15) is 4.39 Å². The third-order valence-corrected chi connectivity index (χ3v) is 5.85. The van der Waals surface area contributed by atoms with Crippen LogP contribution in [0.15, 0.2) is 85.1 Å². The third-order valence-electron chi connectivity index (χ3n) is 5.85. The number of nitrogens with one attached hydrogen (secondary N) is 1. The van der Waals surface area contributed by atoms with Gasteiger partial charge < -0.3 is 10.5 Å². The van der Waals surface area contributed by atoms with Gasteiger partial charge in [-0.2, -0.15) is 5.10 Å². The normalized spacial score (nSPS) is 12.1. The van der Waals surface area contributed by atoms with Gasteiger partial charge in [0.05, 0.1) is 17.4 Å². The van der Waals surface area contributed by atoms with Crippen molar-refractivity contribution >= 4 is 10.9 Å². The lowest BCUT2D eigenvalue weighted by molar-refractivity contribution is 0.287. The highest BCUT2D eigenvalue weighted by Crippen LogP contribution is 2.35. The van der Waals surface area contributed by atoms with Gasteiger partial charge in [0, 0.05) is 28.2 Å². The van der Waals surface area contributed by atoms with Crippen molar-refractivity contribution in [3.8, 4) is 28.1 Å². The number of aromatic nitrogens is 3. The molecule has 6 heteroatoms. The van der Waals surface area contributed by atoms with Gasteiger partial charge >= 0.3 is 0 Å². The number of fused-ring (bicyclic) bond motifs is 1. The van der Waals surface area contributed by atoms with Gasteiger partial charge in [0.25, 0.3) is 0 Å². The van der Waals surface area contributed by atoms with Gasteiger partial charge in [0.2, 0.25) is 0 Å². The zero-order valence-electron chi connectivity index (χ0n) is 18.8. The highest BCUT2D eigenvalue weighted by Gasteiger charge is 2.16. The lowest BCUT2D eigenvalue weighted by Gasteiger charge is -2.16. The number of pyridine rings is 1. The van der Waals surface area contributed by atoms with Gasteiger partial charge in [0.1, 0.15) is 18.2 Å². The van der Waals surface area contributed by atoms with E-state index in [-0.39, 0.29) is 11.9 Å². The van der Waals surface area contributed by atoms with Gasteiger partial charge in [-0.1, -0.05) is 48.5 Å². The number of aromatic amines is 1. The molecule has 2 aromatic heterocycles. The SMILES string of the molecule is Cc1[nH]nc2ccc(-c3cc(OC[C@@H](N)Cc4ccccc4)cnc3-c3ccccc3F)cc12. The molecule has 5 aromatic rings. The highest BCUT2D eigenvalue weighted by atomic mass is 19.1. The molecule has 1 atom stereocenters. The molecule has 2 heterocycles. The van der Waals surface area contributed by atoms with E-state index >= 15 is 0 Å². The zero-order chi connectivity index (χ0) is 23.5. The third kappa shape index (κ3) is 4.54. The Bertz CT molecular complexity index is 1430. The maximum absolute atomic E-state index is 14.7. The van der Waals surface area contributed by atoms with Gasteiger partial charge in [0.15, 0.2) is 0 Å². The Morgan fingerprint density at radius 2 is 1.76 bits per heavy atom. The van der Waals surface area contributed by atoms with Crippen LogP contribution in [-0.2, 0) is 6.42 Å². The second-order valence-corrected chi connectivity index (χ2v) is 8.39. The molecule has 0 spiro atoms. The zero-order valence-corrected chi connectivity index (χ0v) is 18.8. The number of hydrogen-bond acceptors (Lipinski definition) is 4. The van der Waals surface area contributed by atoms with E-state index in [1.165, 1.54) is 6.07 Å². The minimum Gasteiger partial charge on any atom is -0.490 e. The van der Waals surface area contributed by atoms with Crippen LogP contribution in [0.3, 0.4) is 0 Å². The van der Waals surface area contributed by atoms with E-state index in [2.05, 4.69) is 27.3 Å². The summed E-state index contributed by atoms with van der Waals surface area (Å²) in [7, 11) is 0. The van der Waals surface area contributed by atoms with Crippen LogP contribution < -0.4 is 10.5 Å². The predicted molar refractivity (Wildman–Crippen MR) is 133 cm³/mol. The van der Waals surface area contributed by atoms with Gasteiger partial charge in [-0.25, -0.2) is 4.39 Å². The second-order valence-electron chi connectivity index (χ2n) is 8.39. The Labute approximate surface area is 197 Å². The Morgan fingerprint density at radius 1 is 0.971 bits per heavy atom. The van der Waals surface area contributed by atoms with Crippen LogP contribution in [-0.4, -0.2) is 27.8 Å². The quantitative estimate of drug-likeness (QED) is 0.333. The number of benzene rings is 3. The summed E-state index contributed by atoms with van der Waals surface area (Å²) in [5.41, 5.74) is 12.0. The molecule has 0 bridgehead atoms. The van der Waals surface area contributed by atoms with E-state index in [1.54, 1.807) is 24.4 Å². The van der Waals surface area contributed by atoms with Crippen LogP contribution in [0.2, 0.25) is 0 Å². The minimum atomic E-state index is -0.324. The van der Waals surface area contributed by atoms with Crippen molar-refractivity contribution in [1.29, 1.82) is 0 Å². The number of rotatable bonds is 7. The molecule has 0 aliphatic rings. The van der Waals surface area contributed by atoms with Crippen molar-refractivity contribution in [2.24, 2.45) is 5.73 Å². The van der Waals surface area contributed by atoms with Gasteiger partial charge in [-0.15, -0.1) is 0 Å². The minimum absolute atomic E-state index is 0.165. The van der Waals surface area contributed by atoms with Crippen LogP contribution in [0.25, 0.3) is 33.3 Å². The number of halogens is 1. The highest BCUT2D eigenvalue weighted by molar-refractivity contribution is 5.90. The average Bonchev–Trinajstić information content (AvgIpc) is 3.24.